The molecule has 0 aromatic carbocycles. The van der Waals surface area contributed by atoms with Gasteiger partial charge in [-0.25, -0.2) is 0 Å². The Balaban J connectivity index is 2.11. The third-order valence-corrected chi connectivity index (χ3v) is 3.33. The summed E-state index contributed by atoms with van der Waals surface area (Å²) in [5.74, 6) is 2.07. The van der Waals surface area contributed by atoms with E-state index in [1.54, 1.807) is 0 Å². The Kier molecular flexibility index (Phi) is 1.07. The van der Waals surface area contributed by atoms with Crippen LogP contribution in [0.2, 0.25) is 0 Å². The molecule has 0 radical (unpaired) electrons. The zero-order valence-corrected chi connectivity index (χ0v) is 5.90. The van der Waals surface area contributed by atoms with Crippen LogP contribution in [0.5, 0.6) is 0 Å². The molecule has 8 heavy (non-hydrogen) atoms. The molecule has 46 valence electrons. The molecule has 1 unspecified atom stereocenters. The third-order valence-electron chi connectivity index (χ3n) is 2.70. The summed E-state index contributed by atoms with van der Waals surface area (Å²) < 4.78 is 0. The summed E-state index contributed by atoms with van der Waals surface area (Å²) in [5, 5.41) is 0.772. The molecule has 2 aliphatic rings. The largest absolute Gasteiger partial charge is 0.176 e. The maximum Gasteiger partial charge on any atom is 0.00478 e. The Morgan fingerprint density at radius 1 is 1.12 bits per heavy atom. The second-order valence-corrected chi connectivity index (χ2v) is 3.91. The molecule has 0 aliphatic heterocycles. The van der Waals surface area contributed by atoms with E-state index in [2.05, 4.69) is 12.6 Å². The smallest absolute Gasteiger partial charge is 0.00478 e. The van der Waals surface area contributed by atoms with E-state index >= 15 is 0 Å². The highest BCUT2D eigenvalue weighted by molar-refractivity contribution is 7.81. The molecule has 0 aromatic rings. The normalized spacial score (nSPS) is 52.9. The second kappa shape index (κ2) is 1.66. The quantitative estimate of drug-likeness (QED) is 0.475. The Labute approximate surface area is 56.1 Å². The summed E-state index contributed by atoms with van der Waals surface area (Å²) >= 11 is 4.50. The van der Waals surface area contributed by atoms with Gasteiger partial charge in [-0.15, -0.1) is 0 Å². The lowest BCUT2D eigenvalue weighted by Crippen LogP contribution is -2.08. The van der Waals surface area contributed by atoms with Crippen molar-refractivity contribution < 1.29 is 0 Å². The predicted octanol–water partition coefficient (Wildman–Crippen LogP) is 2.10. The maximum absolute atomic E-state index is 4.50. The highest BCUT2D eigenvalue weighted by Crippen LogP contribution is 2.46. The fourth-order valence-electron chi connectivity index (χ4n) is 2.21. The van der Waals surface area contributed by atoms with E-state index in [-0.39, 0.29) is 0 Å². The molecule has 0 nitrogen and oxygen atoms in total. The minimum atomic E-state index is 0.772. The average Bonchev–Trinajstić information content (AvgIpc) is 2.23. The number of thiol groups is 1. The number of hydrogen-bond acceptors (Lipinski definition) is 1. The van der Waals surface area contributed by atoms with E-state index in [4.69, 9.17) is 0 Å². The maximum atomic E-state index is 4.50. The van der Waals surface area contributed by atoms with Gasteiger partial charge in [0.1, 0.15) is 0 Å². The molecule has 2 saturated carbocycles. The van der Waals surface area contributed by atoms with Crippen LogP contribution in [0.15, 0.2) is 0 Å². The topological polar surface area (TPSA) is 0 Å². The van der Waals surface area contributed by atoms with Gasteiger partial charge >= 0.3 is 0 Å². The summed E-state index contributed by atoms with van der Waals surface area (Å²) in [5.41, 5.74) is 0. The lowest BCUT2D eigenvalue weighted by Gasteiger charge is -2.14. The van der Waals surface area contributed by atoms with Crippen LogP contribution in [0.4, 0.5) is 0 Å². The van der Waals surface area contributed by atoms with Crippen LogP contribution in [0.3, 0.4) is 0 Å². The van der Waals surface area contributed by atoms with Crippen molar-refractivity contribution >= 4 is 12.6 Å². The molecule has 0 aromatic heterocycles. The monoisotopic (exact) mass is 128 g/mol. The highest BCUT2D eigenvalue weighted by atomic mass is 32.1. The summed E-state index contributed by atoms with van der Waals surface area (Å²) in [6, 6.07) is 0. The van der Waals surface area contributed by atoms with Gasteiger partial charge in [-0.2, -0.15) is 12.6 Å². The van der Waals surface area contributed by atoms with Crippen molar-refractivity contribution in [2.45, 2.75) is 30.9 Å². The first-order valence-electron chi connectivity index (χ1n) is 3.54. The fraction of sp³-hybridized carbons (Fsp3) is 1.00. The number of fused-ring (bicyclic) bond motifs is 2. The second-order valence-electron chi connectivity index (χ2n) is 3.24. The minimum Gasteiger partial charge on any atom is -0.176 e. The zero-order valence-electron chi connectivity index (χ0n) is 5.01. The lowest BCUT2D eigenvalue weighted by atomic mass is 10.0. The molecule has 0 heterocycles. The van der Waals surface area contributed by atoms with E-state index in [1.807, 2.05) is 0 Å². The van der Waals surface area contributed by atoms with Crippen LogP contribution < -0.4 is 0 Å². The summed E-state index contributed by atoms with van der Waals surface area (Å²) in [4.78, 5) is 0. The molecule has 1 heteroatoms. The van der Waals surface area contributed by atoms with Crippen molar-refractivity contribution in [2.24, 2.45) is 11.8 Å². The standard InChI is InChI=1S/C7H12S/c8-7-4-5-1-2-6(7)3-5/h5-8H,1-4H2/t5-,6+,7?/m1/s1. The zero-order chi connectivity index (χ0) is 5.56. The first kappa shape index (κ1) is 5.16. The molecule has 2 rings (SSSR count). The molecule has 2 aliphatic carbocycles. The molecular weight excluding hydrogens is 116 g/mol. The van der Waals surface area contributed by atoms with E-state index in [0.29, 0.717) is 0 Å². The molecule has 0 amide bonds. The minimum absolute atomic E-state index is 0.772. The van der Waals surface area contributed by atoms with Gasteiger partial charge in [-0.3, -0.25) is 0 Å². The van der Waals surface area contributed by atoms with Gasteiger partial charge in [0, 0.05) is 5.25 Å². The van der Waals surface area contributed by atoms with Gasteiger partial charge in [0.05, 0.1) is 0 Å². The van der Waals surface area contributed by atoms with Gasteiger partial charge in [-0.1, -0.05) is 6.42 Å². The summed E-state index contributed by atoms with van der Waals surface area (Å²) in [6.07, 6.45) is 5.88. The van der Waals surface area contributed by atoms with Crippen LogP contribution >= 0.6 is 12.6 Å². The van der Waals surface area contributed by atoms with Gasteiger partial charge in [-0.05, 0) is 31.1 Å². The molecule has 3 atom stereocenters. The SMILES string of the molecule is SC1C[C@@H]2CC[C@H]1C2. The molecule has 0 spiro atoms. The van der Waals surface area contributed by atoms with Crippen molar-refractivity contribution in [3.05, 3.63) is 0 Å². The van der Waals surface area contributed by atoms with Crippen molar-refractivity contribution in [2.75, 3.05) is 0 Å². The molecule has 0 N–H and O–H groups in total. The van der Waals surface area contributed by atoms with E-state index < -0.39 is 0 Å². The van der Waals surface area contributed by atoms with Crippen molar-refractivity contribution in [1.29, 1.82) is 0 Å². The van der Waals surface area contributed by atoms with Gasteiger partial charge < -0.3 is 0 Å². The molecular formula is C7H12S. The van der Waals surface area contributed by atoms with Crippen molar-refractivity contribution in [3.63, 3.8) is 0 Å². The van der Waals surface area contributed by atoms with Crippen LogP contribution in [0.25, 0.3) is 0 Å². The van der Waals surface area contributed by atoms with Crippen LogP contribution in [0, 0.1) is 11.8 Å². The Hall–Kier alpha value is 0.350. The van der Waals surface area contributed by atoms with Gasteiger partial charge in [0.25, 0.3) is 0 Å². The molecule has 2 bridgehead atoms. The number of rotatable bonds is 0. The number of hydrogen-bond donors (Lipinski definition) is 1. The highest BCUT2D eigenvalue weighted by Gasteiger charge is 2.37. The first-order valence-corrected chi connectivity index (χ1v) is 4.06. The Morgan fingerprint density at radius 2 is 2.00 bits per heavy atom. The van der Waals surface area contributed by atoms with Crippen LogP contribution in [-0.4, -0.2) is 5.25 Å². The van der Waals surface area contributed by atoms with Gasteiger partial charge in [0.2, 0.25) is 0 Å². The summed E-state index contributed by atoms with van der Waals surface area (Å²) in [6.45, 7) is 0. The Bertz CT molecular complexity index is 98.6. The van der Waals surface area contributed by atoms with Crippen molar-refractivity contribution in [1.82, 2.24) is 0 Å². The first-order chi connectivity index (χ1) is 3.86. The van der Waals surface area contributed by atoms with Crippen LogP contribution in [-0.2, 0) is 0 Å². The predicted molar refractivity (Wildman–Crippen MR) is 38.2 cm³/mol. The van der Waals surface area contributed by atoms with E-state index in [0.717, 1.165) is 17.1 Å². The Morgan fingerprint density at radius 3 is 2.25 bits per heavy atom. The van der Waals surface area contributed by atoms with E-state index in [1.165, 1.54) is 25.7 Å². The fourth-order valence-corrected chi connectivity index (χ4v) is 2.78. The van der Waals surface area contributed by atoms with Crippen molar-refractivity contribution in [3.8, 4) is 0 Å². The third kappa shape index (κ3) is 0.604. The lowest BCUT2D eigenvalue weighted by molar-refractivity contribution is 0.494. The molecule has 2 fully saturated rings. The summed E-state index contributed by atoms with van der Waals surface area (Å²) in [7, 11) is 0. The molecule has 0 saturated heterocycles. The average molecular weight is 128 g/mol. The van der Waals surface area contributed by atoms with E-state index in [9.17, 15) is 0 Å². The van der Waals surface area contributed by atoms with Crippen LogP contribution in [0.1, 0.15) is 25.7 Å². The van der Waals surface area contributed by atoms with Gasteiger partial charge in [0.15, 0.2) is 0 Å².